The number of nitrogens with zero attached hydrogens (tertiary/aromatic N) is 4. The van der Waals surface area contributed by atoms with Gasteiger partial charge in [-0.2, -0.15) is 0 Å². The first-order chi connectivity index (χ1) is 15.6. The van der Waals surface area contributed by atoms with Crippen LogP contribution in [0.5, 0.6) is 11.5 Å². The number of rotatable bonds is 9. The molecule has 2 heterocycles. The second-order valence-electron chi connectivity index (χ2n) is 7.03. The number of carbonyl (C=O) groups is 1. The van der Waals surface area contributed by atoms with E-state index in [1.165, 1.54) is 18.1 Å². The summed E-state index contributed by atoms with van der Waals surface area (Å²) in [7, 11) is 3.26. The number of hydrogen-bond donors (Lipinski definition) is 1. The van der Waals surface area contributed by atoms with Crippen molar-refractivity contribution in [2.75, 3.05) is 20.0 Å². The lowest BCUT2D eigenvalue weighted by molar-refractivity contribution is -0.107. The first kappa shape index (κ1) is 21.6. The number of carbonyl (C=O) groups excluding carboxylic acids is 1. The lowest BCUT2D eigenvalue weighted by Gasteiger charge is -2.12. The fourth-order valence-corrected chi connectivity index (χ4v) is 4.40. The number of nitrogens with two attached hydrogens (primary N) is 1. The van der Waals surface area contributed by atoms with Gasteiger partial charge in [-0.15, -0.1) is 0 Å². The Morgan fingerprint density at radius 3 is 2.56 bits per heavy atom. The van der Waals surface area contributed by atoms with Crippen LogP contribution in [-0.4, -0.2) is 40.0 Å². The molecule has 0 spiro atoms. The van der Waals surface area contributed by atoms with Gasteiger partial charge in [-0.1, -0.05) is 24.3 Å². The number of nitrogen functional groups attached to an aromatic ring is 1. The quantitative estimate of drug-likeness (QED) is 0.387. The Hall–Kier alpha value is -3.59. The van der Waals surface area contributed by atoms with Crippen LogP contribution in [0, 0.1) is 0 Å². The number of imidazole rings is 1. The summed E-state index contributed by atoms with van der Waals surface area (Å²) in [6.45, 7) is 0.647. The summed E-state index contributed by atoms with van der Waals surface area (Å²) in [5.41, 5.74) is 9.47. The molecule has 0 saturated heterocycles. The molecular weight excluding hydrogens is 426 g/mol. The van der Waals surface area contributed by atoms with E-state index in [9.17, 15) is 4.79 Å². The van der Waals surface area contributed by atoms with Gasteiger partial charge in [0.2, 0.25) is 0 Å². The van der Waals surface area contributed by atoms with E-state index >= 15 is 0 Å². The van der Waals surface area contributed by atoms with Crippen LogP contribution < -0.4 is 15.2 Å². The molecule has 9 heteroatoms. The van der Waals surface area contributed by atoms with Gasteiger partial charge in [0, 0.05) is 13.0 Å². The molecule has 2 aromatic heterocycles. The van der Waals surface area contributed by atoms with E-state index in [0.717, 1.165) is 45.4 Å². The van der Waals surface area contributed by atoms with Gasteiger partial charge in [0.25, 0.3) is 0 Å². The summed E-state index contributed by atoms with van der Waals surface area (Å²) in [6, 6.07) is 13.7. The maximum absolute atomic E-state index is 10.7. The Kier molecular flexibility index (Phi) is 6.55. The summed E-state index contributed by atoms with van der Waals surface area (Å²) in [5.74, 6) is 1.79. The molecule has 0 saturated carbocycles. The smallest absolute Gasteiger partial charge is 0.175 e. The van der Waals surface area contributed by atoms with Crippen molar-refractivity contribution in [3.8, 4) is 11.5 Å². The van der Waals surface area contributed by atoms with Crippen LogP contribution in [0.4, 0.5) is 5.82 Å². The highest BCUT2D eigenvalue weighted by molar-refractivity contribution is 7.99. The van der Waals surface area contributed by atoms with E-state index in [0.29, 0.717) is 29.9 Å². The van der Waals surface area contributed by atoms with Gasteiger partial charge < -0.3 is 24.6 Å². The zero-order valence-corrected chi connectivity index (χ0v) is 18.6. The average Bonchev–Trinajstić information content (AvgIpc) is 3.17. The summed E-state index contributed by atoms with van der Waals surface area (Å²) in [5, 5.41) is 0.733. The van der Waals surface area contributed by atoms with E-state index in [1.54, 1.807) is 14.2 Å². The van der Waals surface area contributed by atoms with Crippen LogP contribution in [0.2, 0.25) is 0 Å². The molecule has 0 radical (unpaired) electrons. The molecule has 2 N–H and O–H groups in total. The van der Waals surface area contributed by atoms with E-state index in [-0.39, 0.29) is 0 Å². The van der Waals surface area contributed by atoms with Crippen molar-refractivity contribution >= 4 is 35.0 Å². The summed E-state index contributed by atoms with van der Waals surface area (Å²) < 4.78 is 12.9. The van der Waals surface area contributed by atoms with Crippen molar-refractivity contribution in [3.63, 3.8) is 0 Å². The van der Waals surface area contributed by atoms with Crippen molar-refractivity contribution in [2.24, 2.45) is 0 Å². The predicted octanol–water partition coefficient (Wildman–Crippen LogP) is 3.56. The molecule has 0 aliphatic rings. The fraction of sp³-hybridized carbons (Fsp3) is 0.217. The number of aryl methyl sites for hydroxylation is 2. The van der Waals surface area contributed by atoms with Crippen LogP contribution in [0.25, 0.3) is 11.2 Å². The van der Waals surface area contributed by atoms with Gasteiger partial charge in [0.15, 0.2) is 22.1 Å². The molecule has 0 aliphatic carbocycles. The van der Waals surface area contributed by atoms with Crippen molar-refractivity contribution < 1.29 is 14.3 Å². The topological polar surface area (TPSA) is 105 Å². The Balaban J connectivity index is 1.68. The lowest BCUT2D eigenvalue weighted by atomic mass is 10.1. The largest absolute Gasteiger partial charge is 0.497 e. The average molecular weight is 450 g/mol. The second kappa shape index (κ2) is 9.69. The molecule has 4 aromatic rings. The first-order valence-electron chi connectivity index (χ1n) is 10.0. The Morgan fingerprint density at radius 1 is 1.06 bits per heavy atom. The number of anilines is 1. The van der Waals surface area contributed by atoms with Crippen LogP contribution in [0.15, 0.2) is 58.8 Å². The van der Waals surface area contributed by atoms with E-state index in [1.807, 2.05) is 47.0 Å². The number of methoxy groups -OCH3 is 2. The van der Waals surface area contributed by atoms with Crippen LogP contribution in [-0.2, 0) is 24.2 Å². The third-order valence-corrected chi connectivity index (χ3v) is 6.10. The Morgan fingerprint density at radius 2 is 1.84 bits per heavy atom. The molecule has 0 atom stereocenters. The molecular formula is C23H23N5O3S. The molecule has 0 bridgehead atoms. The highest BCUT2D eigenvalue weighted by Crippen LogP contribution is 2.38. The van der Waals surface area contributed by atoms with Crippen LogP contribution in [0.1, 0.15) is 11.1 Å². The number of aromatic nitrogens is 4. The Bertz CT molecular complexity index is 1240. The number of aldehydes is 1. The Labute approximate surface area is 189 Å². The van der Waals surface area contributed by atoms with Gasteiger partial charge in [-0.3, -0.25) is 0 Å². The third-order valence-electron chi connectivity index (χ3n) is 5.06. The third kappa shape index (κ3) is 4.52. The highest BCUT2D eigenvalue weighted by Gasteiger charge is 2.18. The zero-order valence-electron chi connectivity index (χ0n) is 17.8. The zero-order chi connectivity index (χ0) is 22.5. The molecule has 2 aromatic carbocycles. The number of fused-ring (bicyclic) bond motifs is 1. The number of benzene rings is 2. The number of hydrogen-bond acceptors (Lipinski definition) is 8. The van der Waals surface area contributed by atoms with Crippen molar-refractivity contribution in [2.45, 2.75) is 29.4 Å². The minimum absolute atomic E-state index is 0.339. The molecule has 0 fully saturated rings. The molecule has 4 rings (SSSR count). The minimum atomic E-state index is 0.339. The van der Waals surface area contributed by atoms with Gasteiger partial charge in [0.05, 0.1) is 19.1 Å². The first-order valence-corrected chi connectivity index (χ1v) is 10.8. The summed E-state index contributed by atoms with van der Waals surface area (Å²) in [4.78, 5) is 24.8. The van der Waals surface area contributed by atoms with Crippen LogP contribution in [0.3, 0.4) is 0 Å². The molecule has 0 aliphatic heterocycles. The van der Waals surface area contributed by atoms with Crippen molar-refractivity contribution in [3.05, 3.63) is 59.9 Å². The molecule has 0 unspecified atom stereocenters. The lowest BCUT2D eigenvalue weighted by Crippen LogP contribution is -2.05. The van der Waals surface area contributed by atoms with E-state index in [2.05, 4.69) is 9.97 Å². The van der Waals surface area contributed by atoms with Crippen molar-refractivity contribution in [1.82, 2.24) is 19.5 Å². The van der Waals surface area contributed by atoms with Gasteiger partial charge in [0.1, 0.15) is 24.1 Å². The SMILES string of the molecule is COc1ccc(OC)c(Sc2nc3c(N)ncnc3n2CCc2ccc(CC=O)cc2)c1. The normalized spacial score (nSPS) is 10.9. The van der Waals surface area contributed by atoms with E-state index in [4.69, 9.17) is 20.2 Å². The monoisotopic (exact) mass is 449 g/mol. The fourth-order valence-electron chi connectivity index (χ4n) is 3.35. The number of ether oxygens (including phenoxy) is 2. The predicted molar refractivity (Wildman–Crippen MR) is 123 cm³/mol. The minimum Gasteiger partial charge on any atom is -0.497 e. The van der Waals surface area contributed by atoms with Gasteiger partial charge in [-0.05, 0) is 47.5 Å². The standard InChI is InChI=1S/C23H23N5O3S/c1-30-17-7-8-18(31-2)19(13-17)32-23-27-20-21(24)25-14-26-22(20)28(23)11-9-15-3-5-16(6-4-15)10-12-29/h3-8,12-14H,9-11H2,1-2H3,(H2,24,25,26). The molecule has 0 amide bonds. The second-order valence-corrected chi connectivity index (χ2v) is 8.04. The van der Waals surface area contributed by atoms with Gasteiger partial charge in [-0.25, -0.2) is 15.0 Å². The van der Waals surface area contributed by atoms with E-state index < -0.39 is 0 Å². The molecule has 164 valence electrons. The summed E-state index contributed by atoms with van der Waals surface area (Å²) >= 11 is 1.46. The van der Waals surface area contributed by atoms with Crippen molar-refractivity contribution in [1.29, 1.82) is 0 Å². The maximum atomic E-state index is 10.7. The molecule has 32 heavy (non-hydrogen) atoms. The molecule has 8 nitrogen and oxygen atoms in total. The summed E-state index contributed by atoms with van der Waals surface area (Å²) in [6.07, 6.45) is 3.54. The van der Waals surface area contributed by atoms with Gasteiger partial charge >= 0.3 is 0 Å². The highest BCUT2D eigenvalue weighted by atomic mass is 32.2. The van der Waals surface area contributed by atoms with Crippen LogP contribution >= 0.6 is 11.8 Å². The maximum Gasteiger partial charge on any atom is 0.175 e.